The minimum atomic E-state index is 0.292. The maximum absolute atomic E-state index is 5.54. The number of rotatable bonds is 5. The molecule has 80 valence electrons. The number of nitrogens with two attached hydrogens (primary N) is 1. The molecule has 0 fully saturated rings. The summed E-state index contributed by atoms with van der Waals surface area (Å²) in [4.78, 5) is 5.33. The SMILES string of the molecule is NNC(Cc1ccsc1)Cc1cncs1. The van der Waals surface area contributed by atoms with Gasteiger partial charge in [0.05, 0.1) is 5.51 Å². The van der Waals surface area contributed by atoms with Gasteiger partial charge in [-0.1, -0.05) is 0 Å². The van der Waals surface area contributed by atoms with E-state index < -0.39 is 0 Å². The lowest BCUT2D eigenvalue weighted by molar-refractivity contribution is 0.526. The van der Waals surface area contributed by atoms with Gasteiger partial charge < -0.3 is 0 Å². The first-order chi connectivity index (χ1) is 7.38. The van der Waals surface area contributed by atoms with E-state index in [9.17, 15) is 0 Å². The van der Waals surface area contributed by atoms with Crippen molar-refractivity contribution in [2.24, 2.45) is 5.84 Å². The lowest BCUT2D eigenvalue weighted by atomic mass is 10.1. The molecule has 0 aliphatic heterocycles. The van der Waals surface area contributed by atoms with Crippen molar-refractivity contribution < 1.29 is 0 Å². The Morgan fingerprint density at radius 2 is 2.40 bits per heavy atom. The highest BCUT2D eigenvalue weighted by Crippen LogP contribution is 2.13. The van der Waals surface area contributed by atoms with E-state index in [-0.39, 0.29) is 0 Å². The molecule has 3 nitrogen and oxygen atoms in total. The monoisotopic (exact) mass is 239 g/mol. The van der Waals surface area contributed by atoms with Crippen molar-refractivity contribution in [3.05, 3.63) is 39.0 Å². The second-order valence-electron chi connectivity index (χ2n) is 3.37. The Labute approximate surface area is 96.9 Å². The Morgan fingerprint density at radius 3 is 3.00 bits per heavy atom. The molecule has 2 aromatic heterocycles. The van der Waals surface area contributed by atoms with Gasteiger partial charge in [0.2, 0.25) is 0 Å². The highest BCUT2D eigenvalue weighted by atomic mass is 32.1. The largest absolute Gasteiger partial charge is 0.271 e. The molecule has 0 radical (unpaired) electrons. The molecule has 0 saturated carbocycles. The fourth-order valence-electron chi connectivity index (χ4n) is 1.47. The molecule has 5 heteroatoms. The molecule has 2 aromatic rings. The number of nitrogens with zero attached hydrogens (tertiary/aromatic N) is 1. The second-order valence-corrected chi connectivity index (χ2v) is 5.12. The normalized spacial score (nSPS) is 12.9. The number of hydrazine groups is 1. The maximum atomic E-state index is 5.54. The molecule has 3 N–H and O–H groups in total. The average molecular weight is 239 g/mol. The number of thiazole rings is 1. The van der Waals surface area contributed by atoms with Gasteiger partial charge in [0, 0.05) is 23.5 Å². The summed E-state index contributed by atoms with van der Waals surface area (Å²) < 4.78 is 0. The Kier molecular flexibility index (Phi) is 3.85. The topological polar surface area (TPSA) is 50.9 Å². The van der Waals surface area contributed by atoms with Crippen LogP contribution in [0, 0.1) is 0 Å². The van der Waals surface area contributed by atoms with Gasteiger partial charge in [-0.15, -0.1) is 11.3 Å². The predicted molar refractivity (Wildman–Crippen MR) is 65.0 cm³/mol. The van der Waals surface area contributed by atoms with E-state index >= 15 is 0 Å². The Morgan fingerprint density at radius 1 is 1.47 bits per heavy atom. The lowest BCUT2D eigenvalue weighted by Crippen LogP contribution is -2.38. The van der Waals surface area contributed by atoms with Crippen molar-refractivity contribution in [2.45, 2.75) is 18.9 Å². The molecular weight excluding hydrogens is 226 g/mol. The van der Waals surface area contributed by atoms with Crippen LogP contribution in [0.2, 0.25) is 0 Å². The van der Waals surface area contributed by atoms with Crippen LogP contribution in [0.1, 0.15) is 10.4 Å². The minimum absolute atomic E-state index is 0.292. The van der Waals surface area contributed by atoms with Gasteiger partial charge >= 0.3 is 0 Å². The van der Waals surface area contributed by atoms with Crippen molar-refractivity contribution in [1.29, 1.82) is 0 Å². The number of aromatic nitrogens is 1. The van der Waals surface area contributed by atoms with E-state index in [2.05, 4.69) is 27.2 Å². The summed E-state index contributed by atoms with van der Waals surface area (Å²) in [5.41, 5.74) is 6.06. The van der Waals surface area contributed by atoms with Crippen LogP contribution in [0.25, 0.3) is 0 Å². The predicted octanol–water partition coefficient (Wildman–Crippen LogP) is 1.82. The van der Waals surface area contributed by atoms with Crippen LogP contribution in [0.5, 0.6) is 0 Å². The maximum Gasteiger partial charge on any atom is 0.0794 e. The minimum Gasteiger partial charge on any atom is -0.271 e. The first-order valence-corrected chi connectivity index (χ1v) is 6.55. The second kappa shape index (κ2) is 5.37. The van der Waals surface area contributed by atoms with E-state index in [1.165, 1.54) is 10.4 Å². The van der Waals surface area contributed by atoms with Gasteiger partial charge in [-0.3, -0.25) is 16.3 Å². The van der Waals surface area contributed by atoms with Crippen molar-refractivity contribution in [3.63, 3.8) is 0 Å². The first kappa shape index (κ1) is 10.8. The summed E-state index contributed by atoms with van der Waals surface area (Å²) in [6.45, 7) is 0. The lowest BCUT2D eigenvalue weighted by Gasteiger charge is -2.13. The van der Waals surface area contributed by atoms with E-state index in [0.717, 1.165) is 12.8 Å². The van der Waals surface area contributed by atoms with Crippen LogP contribution in [0.4, 0.5) is 0 Å². The highest BCUT2D eigenvalue weighted by Gasteiger charge is 2.09. The van der Waals surface area contributed by atoms with Gasteiger partial charge in [-0.05, 0) is 28.8 Å². The Balaban J connectivity index is 1.93. The summed E-state index contributed by atoms with van der Waals surface area (Å²) in [5, 5.41) is 4.26. The highest BCUT2D eigenvalue weighted by molar-refractivity contribution is 7.09. The molecular formula is C10H13N3S2. The number of thiophene rings is 1. The zero-order valence-corrected chi connectivity index (χ0v) is 9.85. The van der Waals surface area contributed by atoms with Gasteiger partial charge in [0.15, 0.2) is 0 Å². The van der Waals surface area contributed by atoms with Gasteiger partial charge in [-0.25, -0.2) is 0 Å². The summed E-state index contributed by atoms with van der Waals surface area (Å²) >= 11 is 3.40. The van der Waals surface area contributed by atoms with E-state index in [1.54, 1.807) is 22.7 Å². The molecule has 0 aromatic carbocycles. The van der Waals surface area contributed by atoms with Gasteiger partial charge in [0.1, 0.15) is 0 Å². The van der Waals surface area contributed by atoms with Crippen molar-refractivity contribution in [1.82, 2.24) is 10.4 Å². The van der Waals surface area contributed by atoms with Crippen LogP contribution < -0.4 is 11.3 Å². The smallest absolute Gasteiger partial charge is 0.0794 e. The summed E-state index contributed by atoms with van der Waals surface area (Å²) in [6.07, 6.45) is 3.82. The van der Waals surface area contributed by atoms with Crippen LogP contribution in [0.15, 0.2) is 28.5 Å². The third kappa shape index (κ3) is 3.10. The van der Waals surface area contributed by atoms with Crippen molar-refractivity contribution >= 4 is 22.7 Å². The Bertz CT molecular complexity index is 333. The molecule has 0 amide bonds. The quantitative estimate of drug-likeness (QED) is 0.618. The molecule has 1 atom stereocenters. The van der Waals surface area contributed by atoms with Gasteiger partial charge in [0.25, 0.3) is 0 Å². The average Bonchev–Trinajstić information content (AvgIpc) is 2.89. The molecule has 0 spiro atoms. The molecule has 2 rings (SSSR count). The molecule has 0 bridgehead atoms. The van der Waals surface area contributed by atoms with Crippen molar-refractivity contribution in [3.8, 4) is 0 Å². The summed E-state index contributed by atoms with van der Waals surface area (Å²) in [6, 6.07) is 2.43. The third-order valence-corrected chi connectivity index (χ3v) is 3.76. The third-order valence-electron chi connectivity index (χ3n) is 2.23. The molecule has 0 saturated heterocycles. The Hall–Kier alpha value is -0.750. The van der Waals surface area contributed by atoms with E-state index in [4.69, 9.17) is 5.84 Å². The van der Waals surface area contributed by atoms with Crippen LogP contribution in [-0.4, -0.2) is 11.0 Å². The number of nitrogens with one attached hydrogen (secondary N) is 1. The standard InChI is InChI=1S/C10H13N3S2/c11-13-9(3-8-1-2-14-6-8)4-10-5-12-7-15-10/h1-2,5-7,9,13H,3-4,11H2. The number of hydrogen-bond acceptors (Lipinski definition) is 5. The molecule has 0 aliphatic rings. The fraction of sp³-hybridized carbons (Fsp3) is 0.300. The van der Waals surface area contributed by atoms with Crippen LogP contribution in [-0.2, 0) is 12.8 Å². The zero-order valence-electron chi connectivity index (χ0n) is 8.22. The molecule has 2 heterocycles. The van der Waals surface area contributed by atoms with Crippen molar-refractivity contribution in [2.75, 3.05) is 0 Å². The summed E-state index contributed by atoms with van der Waals surface area (Å²) in [5.74, 6) is 5.54. The van der Waals surface area contributed by atoms with E-state index in [1.807, 2.05) is 11.7 Å². The summed E-state index contributed by atoms with van der Waals surface area (Å²) in [7, 11) is 0. The molecule has 15 heavy (non-hydrogen) atoms. The number of hydrogen-bond donors (Lipinski definition) is 2. The molecule has 0 aliphatic carbocycles. The fourth-order valence-corrected chi connectivity index (χ4v) is 2.83. The first-order valence-electron chi connectivity index (χ1n) is 4.73. The van der Waals surface area contributed by atoms with Crippen LogP contribution in [0.3, 0.4) is 0 Å². The van der Waals surface area contributed by atoms with Gasteiger partial charge in [-0.2, -0.15) is 11.3 Å². The molecule has 1 unspecified atom stereocenters. The van der Waals surface area contributed by atoms with E-state index in [0.29, 0.717) is 6.04 Å². The van der Waals surface area contributed by atoms with Crippen LogP contribution >= 0.6 is 22.7 Å². The zero-order chi connectivity index (χ0) is 10.5.